The molecule has 2 aliphatic rings. The van der Waals surface area contributed by atoms with Gasteiger partial charge in [-0.05, 0) is 19.4 Å². The fourth-order valence-electron chi connectivity index (χ4n) is 2.97. The number of fused-ring (bicyclic) bond motifs is 1. The second-order valence-corrected chi connectivity index (χ2v) is 5.00. The molecule has 1 amide bonds. The summed E-state index contributed by atoms with van der Waals surface area (Å²) in [4.78, 5) is 24.8. The normalized spacial score (nSPS) is 27.1. The van der Waals surface area contributed by atoms with Gasteiger partial charge in [-0.3, -0.25) is 9.69 Å². The molecule has 0 saturated carbocycles. The standard InChI is InChI=1S/C12H15N3O4/c16-11-7-2-1-3-15(9(7)5-13-11)6-10-8(12(17)18)4-14-19-10/h4,7,9H,1-3,5-6H2,(H,13,16)(H,17,18). The van der Waals surface area contributed by atoms with E-state index >= 15 is 0 Å². The van der Waals surface area contributed by atoms with Gasteiger partial charge >= 0.3 is 5.97 Å². The molecule has 19 heavy (non-hydrogen) atoms. The third kappa shape index (κ3) is 2.10. The predicted octanol–water partition coefficient (Wildman–Crippen LogP) is 0.0832. The average Bonchev–Trinajstić information content (AvgIpc) is 2.98. The summed E-state index contributed by atoms with van der Waals surface area (Å²) in [5, 5.41) is 15.4. The first-order valence-corrected chi connectivity index (χ1v) is 6.35. The Morgan fingerprint density at radius 2 is 2.47 bits per heavy atom. The summed E-state index contributed by atoms with van der Waals surface area (Å²) >= 11 is 0. The first kappa shape index (κ1) is 12.2. The SMILES string of the molecule is O=C(O)c1cnoc1CN1CCCC2C(=O)NCC21. The number of hydrogen-bond donors (Lipinski definition) is 2. The summed E-state index contributed by atoms with van der Waals surface area (Å²) in [6.07, 6.45) is 3.05. The number of rotatable bonds is 3. The van der Waals surface area contributed by atoms with Gasteiger partial charge in [0.05, 0.1) is 18.7 Å². The molecule has 2 aliphatic heterocycles. The lowest BCUT2D eigenvalue weighted by Gasteiger charge is -2.35. The van der Waals surface area contributed by atoms with Crippen molar-refractivity contribution in [1.29, 1.82) is 0 Å². The van der Waals surface area contributed by atoms with Gasteiger partial charge in [0.25, 0.3) is 0 Å². The molecule has 102 valence electrons. The molecule has 0 aromatic carbocycles. The van der Waals surface area contributed by atoms with Gasteiger partial charge in [0.1, 0.15) is 5.56 Å². The number of aromatic carboxylic acids is 1. The van der Waals surface area contributed by atoms with E-state index in [0.29, 0.717) is 18.8 Å². The molecule has 0 spiro atoms. The van der Waals surface area contributed by atoms with Crippen LogP contribution in [-0.2, 0) is 11.3 Å². The lowest BCUT2D eigenvalue weighted by molar-refractivity contribution is -0.124. The summed E-state index contributed by atoms with van der Waals surface area (Å²) in [5.74, 6) is -0.561. The predicted molar refractivity (Wildman–Crippen MR) is 63.4 cm³/mol. The van der Waals surface area contributed by atoms with E-state index in [1.54, 1.807) is 0 Å². The molecule has 7 heteroatoms. The maximum atomic E-state index is 11.7. The van der Waals surface area contributed by atoms with Gasteiger partial charge in [0, 0.05) is 12.6 Å². The van der Waals surface area contributed by atoms with E-state index in [1.807, 2.05) is 0 Å². The Hall–Kier alpha value is -1.89. The molecule has 0 bridgehead atoms. The number of nitrogens with zero attached hydrogens (tertiary/aromatic N) is 2. The molecular formula is C12H15N3O4. The van der Waals surface area contributed by atoms with E-state index in [9.17, 15) is 9.59 Å². The van der Waals surface area contributed by atoms with Crippen LogP contribution in [0.25, 0.3) is 0 Å². The zero-order valence-electron chi connectivity index (χ0n) is 10.3. The minimum absolute atomic E-state index is 0.0185. The lowest BCUT2D eigenvalue weighted by Crippen LogP contribution is -2.45. The van der Waals surface area contributed by atoms with Crippen LogP contribution in [0, 0.1) is 5.92 Å². The van der Waals surface area contributed by atoms with Crippen LogP contribution >= 0.6 is 0 Å². The Kier molecular flexibility index (Phi) is 2.98. The molecule has 0 aliphatic carbocycles. The number of carbonyl (C=O) groups is 2. The largest absolute Gasteiger partial charge is 0.478 e. The summed E-state index contributed by atoms with van der Waals surface area (Å²) in [6.45, 7) is 1.85. The summed E-state index contributed by atoms with van der Waals surface area (Å²) < 4.78 is 5.03. The van der Waals surface area contributed by atoms with Gasteiger partial charge in [-0.15, -0.1) is 0 Å². The van der Waals surface area contributed by atoms with E-state index in [4.69, 9.17) is 9.63 Å². The molecule has 2 unspecified atom stereocenters. The minimum Gasteiger partial charge on any atom is -0.478 e. The van der Waals surface area contributed by atoms with Crippen LogP contribution in [0.3, 0.4) is 0 Å². The van der Waals surface area contributed by atoms with Gasteiger partial charge in [-0.25, -0.2) is 4.79 Å². The molecule has 2 atom stereocenters. The van der Waals surface area contributed by atoms with E-state index in [2.05, 4.69) is 15.4 Å². The minimum atomic E-state index is -1.04. The summed E-state index contributed by atoms with van der Waals surface area (Å²) in [5.41, 5.74) is 0.0967. The van der Waals surface area contributed by atoms with Crippen molar-refractivity contribution in [3.8, 4) is 0 Å². The first-order valence-electron chi connectivity index (χ1n) is 6.35. The van der Waals surface area contributed by atoms with Crippen molar-refractivity contribution in [1.82, 2.24) is 15.4 Å². The van der Waals surface area contributed by atoms with Crippen molar-refractivity contribution in [3.63, 3.8) is 0 Å². The zero-order valence-corrected chi connectivity index (χ0v) is 10.3. The number of aromatic nitrogens is 1. The highest BCUT2D eigenvalue weighted by Gasteiger charge is 2.41. The third-order valence-electron chi connectivity index (χ3n) is 3.94. The number of piperidine rings is 1. The van der Waals surface area contributed by atoms with Crippen molar-refractivity contribution in [2.45, 2.75) is 25.4 Å². The van der Waals surface area contributed by atoms with Gasteiger partial charge in [0.2, 0.25) is 5.91 Å². The highest BCUT2D eigenvalue weighted by Crippen LogP contribution is 2.29. The number of carboxylic acid groups (broad SMARTS) is 1. The number of carboxylic acids is 1. The van der Waals surface area contributed by atoms with Crippen LogP contribution < -0.4 is 5.32 Å². The fraction of sp³-hybridized carbons (Fsp3) is 0.583. The zero-order chi connectivity index (χ0) is 13.4. The average molecular weight is 265 g/mol. The second kappa shape index (κ2) is 4.65. The summed E-state index contributed by atoms with van der Waals surface area (Å²) in [6, 6.07) is 0.132. The van der Waals surface area contributed by atoms with Crippen molar-refractivity contribution >= 4 is 11.9 Å². The number of amides is 1. The van der Waals surface area contributed by atoms with Gasteiger partial charge < -0.3 is 14.9 Å². The van der Waals surface area contributed by atoms with Crippen LogP contribution in [0.4, 0.5) is 0 Å². The molecule has 7 nitrogen and oxygen atoms in total. The van der Waals surface area contributed by atoms with Crippen molar-refractivity contribution < 1.29 is 19.2 Å². The number of hydrogen-bond acceptors (Lipinski definition) is 5. The van der Waals surface area contributed by atoms with Gasteiger partial charge in [-0.2, -0.15) is 0 Å². The van der Waals surface area contributed by atoms with Gasteiger partial charge in [0.15, 0.2) is 5.76 Å². The highest BCUT2D eigenvalue weighted by atomic mass is 16.5. The molecule has 2 fully saturated rings. The highest BCUT2D eigenvalue weighted by molar-refractivity contribution is 5.88. The molecule has 1 aromatic heterocycles. The monoisotopic (exact) mass is 265 g/mol. The van der Waals surface area contributed by atoms with Crippen LogP contribution in [0.15, 0.2) is 10.7 Å². The van der Waals surface area contributed by atoms with Crippen LogP contribution in [0.1, 0.15) is 29.0 Å². The van der Waals surface area contributed by atoms with Crippen molar-refractivity contribution in [2.75, 3.05) is 13.1 Å². The molecule has 0 radical (unpaired) electrons. The van der Waals surface area contributed by atoms with E-state index in [0.717, 1.165) is 19.4 Å². The maximum Gasteiger partial charge on any atom is 0.341 e. The second-order valence-electron chi connectivity index (χ2n) is 5.00. The molecule has 1 aromatic rings. The first-order chi connectivity index (χ1) is 9.16. The molecule has 2 saturated heterocycles. The van der Waals surface area contributed by atoms with E-state index < -0.39 is 5.97 Å². The van der Waals surface area contributed by atoms with Crippen molar-refractivity contribution in [2.24, 2.45) is 5.92 Å². The summed E-state index contributed by atoms with van der Waals surface area (Å²) in [7, 11) is 0. The number of nitrogens with one attached hydrogen (secondary N) is 1. The Morgan fingerprint density at radius 1 is 1.63 bits per heavy atom. The van der Waals surface area contributed by atoms with E-state index in [-0.39, 0.29) is 23.4 Å². The molecule has 3 heterocycles. The molecule has 2 N–H and O–H groups in total. The smallest absolute Gasteiger partial charge is 0.341 e. The van der Waals surface area contributed by atoms with E-state index in [1.165, 1.54) is 6.20 Å². The number of likely N-dealkylation sites (tertiary alicyclic amines) is 1. The Balaban J connectivity index is 1.77. The van der Waals surface area contributed by atoms with Gasteiger partial charge in [-0.1, -0.05) is 5.16 Å². The fourth-order valence-corrected chi connectivity index (χ4v) is 2.97. The van der Waals surface area contributed by atoms with Crippen LogP contribution in [0.2, 0.25) is 0 Å². The van der Waals surface area contributed by atoms with Crippen LogP contribution in [-0.4, -0.2) is 46.2 Å². The Labute approximate surface area is 109 Å². The quantitative estimate of drug-likeness (QED) is 0.803. The molecule has 3 rings (SSSR count). The van der Waals surface area contributed by atoms with Crippen LogP contribution in [0.5, 0.6) is 0 Å². The third-order valence-corrected chi connectivity index (χ3v) is 3.94. The number of carbonyl (C=O) groups excluding carboxylic acids is 1. The maximum absolute atomic E-state index is 11.7. The Bertz CT molecular complexity index is 513. The lowest BCUT2D eigenvalue weighted by atomic mass is 9.91. The topological polar surface area (TPSA) is 95.7 Å². The Morgan fingerprint density at radius 3 is 3.26 bits per heavy atom. The molecular weight excluding hydrogens is 250 g/mol. The van der Waals surface area contributed by atoms with Crippen molar-refractivity contribution in [3.05, 3.63) is 17.5 Å².